The van der Waals surface area contributed by atoms with Gasteiger partial charge in [0.05, 0.1) is 28.4 Å². The molecule has 5 heteroatoms. The van der Waals surface area contributed by atoms with Gasteiger partial charge < -0.3 is 23.7 Å². The van der Waals surface area contributed by atoms with Gasteiger partial charge in [0, 0.05) is 0 Å². The fourth-order valence-corrected chi connectivity index (χ4v) is 3.92. The lowest BCUT2D eigenvalue weighted by Gasteiger charge is -2.17. The first-order valence-corrected chi connectivity index (χ1v) is 10.9. The highest BCUT2D eigenvalue weighted by Crippen LogP contribution is 2.44. The van der Waals surface area contributed by atoms with E-state index in [1.54, 1.807) is 28.4 Å². The maximum atomic E-state index is 6.14. The van der Waals surface area contributed by atoms with Crippen molar-refractivity contribution in [1.82, 2.24) is 0 Å². The lowest BCUT2D eigenvalue weighted by Crippen LogP contribution is -1.98. The van der Waals surface area contributed by atoms with Crippen molar-refractivity contribution in [3.63, 3.8) is 0 Å². The van der Waals surface area contributed by atoms with E-state index in [1.807, 2.05) is 72.8 Å². The van der Waals surface area contributed by atoms with Gasteiger partial charge in [-0.1, -0.05) is 60.7 Å². The van der Waals surface area contributed by atoms with Gasteiger partial charge in [-0.2, -0.15) is 0 Å². The Morgan fingerprint density at radius 3 is 1.65 bits per heavy atom. The molecule has 0 aliphatic rings. The Labute approximate surface area is 200 Å². The van der Waals surface area contributed by atoms with E-state index in [0.717, 1.165) is 27.8 Å². The number of benzene rings is 4. The van der Waals surface area contributed by atoms with E-state index < -0.39 is 0 Å². The molecule has 0 bridgehead atoms. The Morgan fingerprint density at radius 1 is 0.500 bits per heavy atom. The van der Waals surface area contributed by atoms with Crippen LogP contribution in [-0.2, 0) is 6.61 Å². The third kappa shape index (κ3) is 4.79. The summed E-state index contributed by atoms with van der Waals surface area (Å²) in [6.07, 6.45) is 0. The molecule has 0 aliphatic heterocycles. The minimum Gasteiger partial charge on any atom is -0.493 e. The minimum atomic E-state index is 0.454. The zero-order valence-corrected chi connectivity index (χ0v) is 19.8. The van der Waals surface area contributed by atoms with Gasteiger partial charge in [-0.25, -0.2) is 0 Å². The van der Waals surface area contributed by atoms with Crippen LogP contribution in [0, 0.1) is 0 Å². The summed E-state index contributed by atoms with van der Waals surface area (Å²) in [7, 11) is 6.48. The minimum absolute atomic E-state index is 0.454. The number of rotatable bonds is 9. The summed E-state index contributed by atoms with van der Waals surface area (Å²) in [5, 5.41) is 0. The topological polar surface area (TPSA) is 46.2 Å². The highest BCUT2D eigenvalue weighted by molar-refractivity contribution is 5.86. The molecule has 0 saturated heterocycles. The smallest absolute Gasteiger partial charge is 0.203 e. The van der Waals surface area contributed by atoms with E-state index in [0.29, 0.717) is 35.4 Å². The van der Waals surface area contributed by atoms with Gasteiger partial charge in [-0.15, -0.1) is 0 Å². The normalized spacial score (nSPS) is 10.5. The van der Waals surface area contributed by atoms with Gasteiger partial charge in [0.25, 0.3) is 0 Å². The van der Waals surface area contributed by atoms with E-state index in [4.69, 9.17) is 23.7 Å². The number of methoxy groups -OCH3 is 4. The summed E-state index contributed by atoms with van der Waals surface area (Å²) in [5.41, 5.74) is 5.12. The Morgan fingerprint density at radius 2 is 1.06 bits per heavy atom. The van der Waals surface area contributed by atoms with Crippen LogP contribution >= 0.6 is 0 Å². The fourth-order valence-electron chi connectivity index (χ4n) is 3.92. The van der Waals surface area contributed by atoms with Gasteiger partial charge in [-0.3, -0.25) is 0 Å². The third-order valence-corrected chi connectivity index (χ3v) is 5.61. The van der Waals surface area contributed by atoms with Crippen LogP contribution in [0.4, 0.5) is 0 Å². The average molecular weight is 457 g/mol. The molecule has 4 aromatic carbocycles. The largest absolute Gasteiger partial charge is 0.493 e. The Hall–Kier alpha value is -4.12. The maximum Gasteiger partial charge on any atom is 0.203 e. The van der Waals surface area contributed by atoms with Crippen LogP contribution in [0.2, 0.25) is 0 Å². The summed E-state index contributed by atoms with van der Waals surface area (Å²) < 4.78 is 28.3. The van der Waals surface area contributed by atoms with E-state index >= 15 is 0 Å². The number of ether oxygens (including phenoxy) is 5. The molecule has 0 unspecified atom stereocenters. The van der Waals surface area contributed by atoms with Crippen molar-refractivity contribution >= 4 is 0 Å². The summed E-state index contributed by atoms with van der Waals surface area (Å²) >= 11 is 0. The molecule has 0 radical (unpaired) electrons. The SMILES string of the molecule is COc1ccc(-c2ccccc2-c2cc(OC)c(OC)c(OC)c2)cc1OCc1ccccc1. The van der Waals surface area contributed by atoms with E-state index in [9.17, 15) is 0 Å². The maximum absolute atomic E-state index is 6.14. The molecule has 0 amide bonds. The summed E-state index contributed by atoms with van der Waals surface area (Å²) in [5.74, 6) is 3.14. The van der Waals surface area contributed by atoms with Crippen molar-refractivity contribution in [3.05, 3.63) is 90.5 Å². The third-order valence-electron chi connectivity index (χ3n) is 5.61. The van der Waals surface area contributed by atoms with Gasteiger partial charge in [0.2, 0.25) is 5.75 Å². The van der Waals surface area contributed by atoms with Crippen molar-refractivity contribution in [3.8, 4) is 51.0 Å². The molecule has 0 aromatic heterocycles. The first-order chi connectivity index (χ1) is 16.7. The molecule has 0 atom stereocenters. The molecule has 5 nitrogen and oxygen atoms in total. The summed E-state index contributed by atoms with van der Waals surface area (Å²) in [6.45, 7) is 0.454. The molecule has 0 aliphatic carbocycles. The average Bonchev–Trinajstić information content (AvgIpc) is 2.91. The molecular weight excluding hydrogens is 428 g/mol. The zero-order chi connectivity index (χ0) is 23.9. The molecule has 0 fully saturated rings. The quantitative estimate of drug-likeness (QED) is 0.283. The molecule has 4 aromatic rings. The monoisotopic (exact) mass is 456 g/mol. The van der Waals surface area contributed by atoms with Crippen LogP contribution in [0.1, 0.15) is 5.56 Å². The van der Waals surface area contributed by atoms with Crippen LogP contribution < -0.4 is 23.7 Å². The predicted octanol–water partition coefficient (Wildman–Crippen LogP) is 6.63. The van der Waals surface area contributed by atoms with Crippen molar-refractivity contribution < 1.29 is 23.7 Å². The van der Waals surface area contributed by atoms with Crippen LogP contribution in [0.3, 0.4) is 0 Å². The second-order valence-corrected chi connectivity index (χ2v) is 7.60. The molecule has 0 heterocycles. The van der Waals surface area contributed by atoms with Crippen LogP contribution in [0.5, 0.6) is 28.7 Å². The highest BCUT2D eigenvalue weighted by Gasteiger charge is 2.17. The fraction of sp³-hybridized carbons (Fsp3) is 0.172. The number of hydrogen-bond acceptors (Lipinski definition) is 5. The molecular formula is C29H28O5. The van der Waals surface area contributed by atoms with Crippen LogP contribution in [0.25, 0.3) is 22.3 Å². The van der Waals surface area contributed by atoms with Crippen molar-refractivity contribution in [2.24, 2.45) is 0 Å². The molecule has 34 heavy (non-hydrogen) atoms. The van der Waals surface area contributed by atoms with E-state index in [1.165, 1.54) is 0 Å². The molecule has 4 rings (SSSR count). The Bertz CT molecular complexity index is 1230. The molecule has 0 saturated carbocycles. The van der Waals surface area contributed by atoms with Crippen LogP contribution in [0.15, 0.2) is 84.9 Å². The van der Waals surface area contributed by atoms with Crippen molar-refractivity contribution in [2.45, 2.75) is 6.61 Å². The zero-order valence-electron chi connectivity index (χ0n) is 19.8. The van der Waals surface area contributed by atoms with Crippen molar-refractivity contribution in [1.29, 1.82) is 0 Å². The molecule has 0 spiro atoms. The Kier molecular flexibility index (Phi) is 7.23. The first-order valence-electron chi connectivity index (χ1n) is 10.9. The molecule has 0 N–H and O–H groups in total. The lowest BCUT2D eigenvalue weighted by molar-refractivity contribution is 0.284. The first kappa shape index (κ1) is 23.1. The summed E-state index contributed by atoms with van der Waals surface area (Å²) in [4.78, 5) is 0. The van der Waals surface area contributed by atoms with Gasteiger partial charge in [0.1, 0.15) is 6.61 Å². The predicted molar refractivity (Wildman–Crippen MR) is 134 cm³/mol. The van der Waals surface area contributed by atoms with E-state index in [-0.39, 0.29) is 0 Å². The van der Waals surface area contributed by atoms with E-state index in [2.05, 4.69) is 12.1 Å². The van der Waals surface area contributed by atoms with Gasteiger partial charge in [0.15, 0.2) is 23.0 Å². The van der Waals surface area contributed by atoms with Gasteiger partial charge in [-0.05, 0) is 52.1 Å². The van der Waals surface area contributed by atoms with Crippen molar-refractivity contribution in [2.75, 3.05) is 28.4 Å². The number of hydrogen-bond donors (Lipinski definition) is 0. The van der Waals surface area contributed by atoms with Crippen LogP contribution in [-0.4, -0.2) is 28.4 Å². The summed E-state index contributed by atoms with van der Waals surface area (Å²) in [6, 6.07) is 28.1. The lowest BCUT2D eigenvalue weighted by atomic mass is 9.94. The second-order valence-electron chi connectivity index (χ2n) is 7.60. The standard InChI is InChI=1S/C29H28O5/c1-30-25-15-14-21(16-26(25)34-19-20-10-6-5-7-11-20)23-12-8-9-13-24(23)22-17-27(31-2)29(33-4)28(18-22)32-3/h5-18H,19H2,1-4H3. The Balaban J connectivity index is 1.76. The molecule has 174 valence electrons. The van der Waals surface area contributed by atoms with Gasteiger partial charge >= 0.3 is 0 Å². The highest BCUT2D eigenvalue weighted by atomic mass is 16.5. The second kappa shape index (κ2) is 10.7.